The Labute approximate surface area is 104 Å². The fraction of sp³-hybridized carbons (Fsp3) is 0.538. The quantitative estimate of drug-likeness (QED) is 0.835. The fourth-order valence-corrected chi connectivity index (χ4v) is 2.16. The van der Waals surface area contributed by atoms with E-state index >= 15 is 0 Å². The minimum Gasteiger partial charge on any atom is -0.349 e. The molecule has 2 rings (SSSR count). The fourth-order valence-electron chi connectivity index (χ4n) is 2.16. The minimum atomic E-state index is -4.33. The smallest absolute Gasteiger partial charge is 0.349 e. The van der Waals surface area contributed by atoms with Crippen LogP contribution in [0.1, 0.15) is 31.9 Å². The molecule has 0 saturated carbocycles. The molecule has 0 spiro atoms. The maximum Gasteiger partial charge on any atom is 0.416 e. The summed E-state index contributed by atoms with van der Waals surface area (Å²) in [5.41, 5.74) is -1.42. The average molecular weight is 259 g/mol. The van der Waals surface area contributed by atoms with E-state index in [2.05, 4.69) is 5.32 Å². The van der Waals surface area contributed by atoms with Crippen molar-refractivity contribution < 1.29 is 17.9 Å². The van der Waals surface area contributed by atoms with Gasteiger partial charge in [0.25, 0.3) is 0 Å². The van der Waals surface area contributed by atoms with Crippen LogP contribution in [0.15, 0.2) is 24.3 Å². The SMILES string of the molecule is CC1(C)CNC(C)(c2cccc(C(F)(F)F)c2)O1. The van der Waals surface area contributed by atoms with E-state index in [9.17, 15) is 13.2 Å². The van der Waals surface area contributed by atoms with Crippen molar-refractivity contribution in [3.8, 4) is 0 Å². The van der Waals surface area contributed by atoms with E-state index in [1.165, 1.54) is 6.07 Å². The molecule has 1 aliphatic heterocycles. The highest BCUT2D eigenvalue weighted by Gasteiger charge is 2.42. The molecule has 1 aliphatic rings. The molecule has 1 heterocycles. The Bertz CT molecular complexity index is 456. The highest BCUT2D eigenvalue weighted by Crippen LogP contribution is 2.36. The Kier molecular flexibility index (Phi) is 2.94. The molecule has 1 unspecified atom stereocenters. The maximum atomic E-state index is 12.7. The molecule has 100 valence electrons. The van der Waals surface area contributed by atoms with Gasteiger partial charge in [0.05, 0.1) is 11.2 Å². The monoisotopic (exact) mass is 259 g/mol. The van der Waals surface area contributed by atoms with Gasteiger partial charge in [-0.3, -0.25) is 5.32 Å². The second-order valence-corrected chi connectivity index (χ2v) is 5.33. The van der Waals surface area contributed by atoms with Crippen LogP contribution < -0.4 is 5.32 Å². The molecule has 0 amide bonds. The Balaban J connectivity index is 2.35. The first-order chi connectivity index (χ1) is 8.12. The summed E-state index contributed by atoms with van der Waals surface area (Å²) < 4.78 is 43.8. The minimum absolute atomic E-state index is 0.386. The zero-order valence-electron chi connectivity index (χ0n) is 10.6. The Morgan fingerprint density at radius 1 is 1.22 bits per heavy atom. The second-order valence-electron chi connectivity index (χ2n) is 5.33. The Hall–Kier alpha value is -1.07. The van der Waals surface area contributed by atoms with Crippen molar-refractivity contribution in [3.05, 3.63) is 35.4 Å². The van der Waals surface area contributed by atoms with Crippen molar-refractivity contribution in [3.63, 3.8) is 0 Å². The summed E-state index contributed by atoms with van der Waals surface area (Å²) in [5.74, 6) is 0. The van der Waals surface area contributed by atoms with Gasteiger partial charge in [-0.15, -0.1) is 0 Å². The van der Waals surface area contributed by atoms with Gasteiger partial charge in [0, 0.05) is 6.54 Å². The van der Waals surface area contributed by atoms with E-state index in [1.807, 2.05) is 13.8 Å². The van der Waals surface area contributed by atoms with Crippen molar-refractivity contribution in [1.29, 1.82) is 0 Å². The zero-order chi connectivity index (χ0) is 13.6. The van der Waals surface area contributed by atoms with Crippen LogP contribution in [0.5, 0.6) is 0 Å². The van der Waals surface area contributed by atoms with Crippen LogP contribution in [-0.4, -0.2) is 12.1 Å². The molecule has 5 heteroatoms. The van der Waals surface area contributed by atoms with Crippen LogP contribution in [0.25, 0.3) is 0 Å². The predicted octanol–water partition coefficient (Wildman–Crippen LogP) is 3.28. The third-order valence-electron chi connectivity index (χ3n) is 3.07. The van der Waals surface area contributed by atoms with Gasteiger partial charge in [0.15, 0.2) is 0 Å². The van der Waals surface area contributed by atoms with Crippen molar-refractivity contribution in [1.82, 2.24) is 5.32 Å². The van der Waals surface area contributed by atoms with Gasteiger partial charge in [-0.05, 0) is 38.5 Å². The molecule has 1 atom stereocenters. The number of halogens is 3. The van der Waals surface area contributed by atoms with Crippen molar-refractivity contribution in [2.45, 2.75) is 38.3 Å². The third-order valence-corrected chi connectivity index (χ3v) is 3.07. The molecule has 0 radical (unpaired) electrons. The van der Waals surface area contributed by atoms with Gasteiger partial charge in [-0.25, -0.2) is 0 Å². The molecule has 1 fully saturated rings. The molecular formula is C13H16F3NO. The largest absolute Gasteiger partial charge is 0.416 e. The van der Waals surface area contributed by atoms with E-state index in [0.717, 1.165) is 12.1 Å². The number of rotatable bonds is 1. The normalized spacial score (nSPS) is 27.4. The molecule has 0 aliphatic carbocycles. The predicted molar refractivity (Wildman–Crippen MR) is 62.0 cm³/mol. The summed E-state index contributed by atoms with van der Waals surface area (Å²) in [4.78, 5) is 0. The number of ether oxygens (including phenoxy) is 1. The first-order valence-corrected chi connectivity index (χ1v) is 5.75. The van der Waals surface area contributed by atoms with Crippen LogP contribution >= 0.6 is 0 Å². The molecule has 1 saturated heterocycles. The lowest BCUT2D eigenvalue weighted by atomic mass is 10.0. The van der Waals surface area contributed by atoms with Gasteiger partial charge in [-0.1, -0.05) is 12.1 Å². The van der Waals surface area contributed by atoms with Gasteiger partial charge in [-0.2, -0.15) is 13.2 Å². The highest BCUT2D eigenvalue weighted by molar-refractivity contribution is 5.30. The lowest BCUT2D eigenvalue weighted by Gasteiger charge is -2.28. The molecule has 0 bridgehead atoms. The molecule has 18 heavy (non-hydrogen) atoms. The number of nitrogens with one attached hydrogen (secondary N) is 1. The van der Waals surface area contributed by atoms with Crippen molar-refractivity contribution >= 4 is 0 Å². The van der Waals surface area contributed by atoms with E-state index in [-0.39, 0.29) is 5.60 Å². The Morgan fingerprint density at radius 3 is 2.39 bits per heavy atom. The van der Waals surface area contributed by atoms with Crippen LogP contribution in [0.4, 0.5) is 13.2 Å². The van der Waals surface area contributed by atoms with E-state index < -0.39 is 17.5 Å². The van der Waals surface area contributed by atoms with Crippen LogP contribution in [-0.2, 0) is 16.6 Å². The molecule has 1 N–H and O–H groups in total. The van der Waals surface area contributed by atoms with Gasteiger partial charge >= 0.3 is 6.18 Å². The lowest BCUT2D eigenvalue weighted by molar-refractivity contribution is -0.138. The summed E-state index contributed by atoms with van der Waals surface area (Å²) in [6, 6.07) is 5.24. The van der Waals surface area contributed by atoms with Gasteiger partial charge in [0.1, 0.15) is 5.72 Å². The molecule has 2 nitrogen and oxygen atoms in total. The number of alkyl halides is 3. The third kappa shape index (κ3) is 2.52. The zero-order valence-corrected chi connectivity index (χ0v) is 10.6. The van der Waals surface area contributed by atoms with Crippen LogP contribution in [0, 0.1) is 0 Å². The number of hydrogen-bond acceptors (Lipinski definition) is 2. The van der Waals surface area contributed by atoms with Crippen LogP contribution in [0.3, 0.4) is 0 Å². The summed E-state index contributed by atoms with van der Waals surface area (Å²) in [5, 5.41) is 3.13. The topological polar surface area (TPSA) is 21.3 Å². The van der Waals surface area contributed by atoms with Crippen LogP contribution in [0.2, 0.25) is 0 Å². The van der Waals surface area contributed by atoms with E-state index in [0.29, 0.717) is 12.1 Å². The van der Waals surface area contributed by atoms with Crippen molar-refractivity contribution in [2.75, 3.05) is 6.54 Å². The van der Waals surface area contributed by atoms with E-state index in [4.69, 9.17) is 4.74 Å². The first-order valence-electron chi connectivity index (χ1n) is 5.75. The maximum absolute atomic E-state index is 12.7. The van der Waals surface area contributed by atoms with Gasteiger partial charge < -0.3 is 4.74 Å². The first kappa shape index (κ1) is 13.4. The average Bonchev–Trinajstić information content (AvgIpc) is 2.53. The summed E-state index contributed by atoms with van der Waals surface area (Å²) in [6.07, 6.45) is -4.33. The molecule has 1 aromatic carbocycles. The summed E-state index contributed by atoms with van der Waals surface area (Å²) in [7, 11) is 0. The standard InChI is InChI=1S/C13H16F3NO/c1-11(2)8-17-12(3,18-11)9-5-4-6-10(7-9)13(14,15)16/h4-7,17H,8H2,1-3H3. The number of benzene rings is 1. The molecule has 0 aromatic heterocycles. The van der Waals surface area contributed by atoms with Crippen molar-refractivity contribution in [2.24, 2.45) is 0 Å². The van der Waals surface area contributed by atoms with Gasteiger partial charge in [0.2, 0.25) is 0 Å². The second kappa shape index (κ2) is 3.96. The lowest BCUT2D eigenvalue weighted by Crippen LogP contribution is -2.34. The highest BCUT2D eigenvalue weighted by atomic mass is 19.4. The number of hydrogen-bond donors (Lipinski definition) is 1. The molecular weight excluding hydrogens is 243 g/mol. The van der Waals surface area contributed by atoms with E-state index in [1.54, 1.807) is 13.0 Å². The molecule has 1 aromatic rings. The Morgan fingerprint density at radius 2 is 1.89 bits per heavy atom. The summed E-state index contributed by atoms with van der Waals surface area (Å²) in [6.45, 7) is 6.15. The summed E-state index contributed by atoms with van der Waals surface area (Å²) >= 11 is 0.